The Balaban J connectivity index is 1.85. The number of aryl methyl sites for hydroxylation is 1. The Bertz CT molecular complexity index is 1080. The third kappa shape index (κ3) is 4.70. The highest BCUT2D eigenvalue weighted by Gasteiger charge is 2.18. The first-order valence-corrected chi connectivity index (χ1v) is 9.86. The fraction of sp³-hybridized carbons (Fsp3) is 0.0476. The monoisotopic (exact) mass is 394 g/mol. The van der Waals surface area contributed by atoms with Crippen molar-refractivity contribution in [3.05, 3.63) is 102 Å². The summed E-state index contributed by atoms with van der Waals surface area (Å²) in [5.41, 5.74) is 3.97. The summed E-state index contributed by atoms with van der Waals surface area (Å²) in [6, 6.07) is 23.5. The van der Waals surface area contributed by atoms with Gasteiger partial charge in [0.15, 0.2) is 0 Å². The van der Waals surface area contributed by atoms with Gasteiger partial charge in [-0.2, -0.15) is 14.0 Å². The maximum atomic E-state index is 12.8. The van der Waals surface area contributed by atoms with Gasteiger partial charge < -0.3 is 0 Å². The molecule has 0 fully saturated rings. The average Bonchev–Trinajstić information content (AvgIpc) is 2.72. The molecule has 0 atom stereocenters. The van der Waals surface area contributed by atoms with Gasteiger partial charge in [-0.3, -0.25) is 4.79 Å². The number of carbonyl (C=O) groups excluding carboxylic acids is 1. The Morgan fingerprint density at radius 3 is 1.93 bits per heavy atom. The maximum absolute atomic E-state index is 12.8. The molecule has 0 saturated heterocycles. The van der Waals surface area contributed by atoms with Crippen LogP contribution >= 0.6 is 0 Å². The summed E-state index contributed by atoms with van der Waals surface area (Å²) >= 11 is 0. The van der Waals surface area contributed by atoms with Crippen LogP contribution in [0.3, 0.4) is 0 Å². The van der Waals surface area contributed by atoms with E-state index < -0.39 is 10.1 Å². The molecule has 0 aliphatic carbocycles. The summed E-state index contributed by atoms with van der Waals surface area (Å²) in [4.78, 5) is 12.8. The number of benzene rings is 3. The number of hydrazone groups is 1. The summed E-state index contributed by atoms with van der Waals surface area (Å²) in [6.07, 6.45) is 0. The van der Waals surface area contributed by atoms with Gasteiger partial charge in [-0.1, -0.05) is 78.4 Å². The zero-order valence-corrected chi connectivity index (χ0v) is 15.9. The van der Waals surface area contributed by atoms with Crippen molar-refractivity contribution in [1.82, 2.24) is 5.59 Å². The van der Waals surface area contributed by atoms with E-state index in [-0.39, 0.29) is 16.4 Å². The minimum atomic E-state index is -4.07. The number of hydrogen-bond donors (Lipinski definition) is 1. The first kappa shape index (κ1) is 19.5. The molecule has 28 heavy (non-hydrogen) atoms. The maximum Gasteiger partial charge on any atom is 0.318 e. The summed E-state index contributed by atoms with van der Waals surface area (Å²) < 4.78 is 29.3. The van der Waals surface area contributed by atoms with Crippen LogP contribution in [0.5, 0.6) is 0 Å². The lowest BCUT2D eigenvalue weighted by Gasteiger charge is -2.08. The molecule has 142 valence electrons. The summed E-state index contributed by atoms with van der Waals surface area (Å²) in [5, 5.41) is 3.91. The van der Waals surface area contributed by atoms with Gasteiger partial charge in [0.2, 0.25) is 5.78 Å². The molecule has 0 aliphatic heterocycles. The number of nitrogens with one attached hydrogen (secondary N) is 1. The molecule has 0 spiro atoms. The number of nitrogens with zero attached hydrogens (tertiary/aromatic N) is 1. The second-order valence-corrected chi connectivity index (χ2v) is 7.51. The van der Waals surface area contributed by atoms with Crippen LogP contribution in [-0.2, 0) is 14.4 Å². The summed E-state index contributed by atoms with van der Waals surface area (Å²) in [6.45, 7) is 1.85. The fourth-order valence-corrected chi connectivity index (χ4v) is 3.14. The average molecular weight is 394 g/mol. The first-order chi connectivity index (χ1) is 13.5. The summed E-state index contributed by atoms with van der Waals surface area (Å²) in [7, 11) is -4.07. The van der Waals surface area contributed by atoms with Crippen molar-refractivity contribution < 1.29 is 17.5 Å². The Morgan fingerprint density at radius 2 is 1.36 bits per heavy atom. The Morgan fingerprint density at radius 1 is 0.821 bits per heavy atom. The number of carbonyl (C=O) groups is 1. The molecule has 0 amide bonds. The van der Waals surface area contributed by atoms with E-state index in [2.05, 4.69) is 10.7 Å². The Labute approximate surface area is 163 Å². The molecule has 0 radical (unpaired) electrons. The number of Topliss-reactive ketones (excluding diaryl/α,β-unsaturated/α-hetero) is 1. The first-order valence-electron chi connectivity index (χ1n) is 8.45. The second kappa shape index (κ2) is 8.60. The molecular weight excluding hydrogens is 376 g/mol. The highest BCUT2D eigenvalue weighted by molar-refractivity contribution is 7.86. The molecule has 7 heteroatoms. The standard InChI is InChI=1S/C21H18N2O4S/c1-16-12-14-19(15-13-16)28(25,26)27-23-22-20(17-8-4-2-5-9-17)21(24)18-10-6-3-7-11-18/h2-15,23H,1H3/b22-20+. The molecule has 0 unspecified atom stereocenters. The molecule has 0 bridgehead atoms. The van der Waals surface area contributed by atoms with Gasteiger partial charge in [0.1, 0.15) is 5.71 Å². The van der Waals surface area contributed by atoms with Crippen LogP contribution in [-0.4, -0.2) is 19.9 Å². The highest BCUT2D eigenvalue weighted by atomic mass is 32.2. The van der Waals surface area contributed by atoms with Crippen LogP contribution in [0.2, 0.25) is 0 Å². The Hall–Kier alpha value is -3.29. The number of ketones is 1. The van der Waals surface area contributed by atoms with Gasteiger partial charge in [0, 0.05) is 11.1 Å². The number of rotatable bonds is 7. The van der Waals surface area contributed by atoms with Gasteiger partial charge >= 0.3 is 10.1 Å². The van der Waals surface area contributed by atoms with Crippen molar-refractivity contribution in [2.24, 2.45) is 5.10 Å². The zero-order valence-electron chi connectivity index (χ0n) is 15.1. The van der Waals surface area contributed by atoms with Gasteiger partial charge in [-0.15, -0.1) is 9.39 Å². The van der Waals surface area contributed by atoms with E-state index in [0.717, 1.165) is 5.56 Å². The lowest BCUT2D eigenvalue weighted by molar-refractivity contribution is 0.106. The van der Waals surface area contributed by atoms with Crippen LogP contribution in [0.4, 0.5) is 0 Å². The molecule has 0 aromatic heterocycles. The van der Waals surface area contributed by atoms with Crippen LogP contribution in [0, 0.1) is 6.92 Å². The lowest BCUT2D eigenvalue weighted by Crippen LogP contribution is -2.22. The number of hydrogen-bond acceptors (Lipinski definition) is 6. The predicted octanol–water partition coefficient (Wildman–Crippen LogP) is 3.49. The highest BCUT2D eigenvalue weighted by Crippen LogP contribution is 2.13. The molecule has 1 N–H and O–H groups in total. The van der Waals surface area contributed by atoms with E-state index in [4.69, 9.17) is 4.28 Å². The van der Waals surface area contributed by atoms with Crippen molar-refractivity contribution in [3.63, 3.8) is 0 Å². The zero-order chi connectivity index (χ0) is 20.0. The molecule has 0 heterocycles. The van der Waals surface area contributed by atoms with Crippen molar-refractivity contribution in [1.29, 1.82) is 0 Å². The Kier molecular flexibility index (Phi) is 5.98. The van der Waals surface area contributed by atoms with Gasteiger partial charge in [-0.05, 0) is 19.1 Å². The van der Waals surface area contributed by atoms with E-state index in [0.29, 0.717) is 11.1 Å². The molecular formula is C21H18N2O4S. The predicted molar refractivity (Wildman–Crippen MR) is 106 cm³/mol. The molecule has 0 aliphatic rings. The topological polar surface area (TPSA) is 84.8 Å². The van der Waals surface area contributed by atoms with E-state index in [9.17, 15) is 13.2 Å². The summed E-state index contributed by atoms with van der Waals surface area (Å²) in [5.74, 6) is -0.365. The van der Waals surface area contributed by atoms with Crippen molar-refractivity contribution >= 4 is 21.6 Å². The molecule has 3 rings (SSSR count). The van der Waals surface area contributed by atoms with Crippen LogP contribution in [0.15, 0.2) is 94.9 Å². The molecule has 3 aromatic carbocycles. The lowest BCUT2D eigenvalue weighted by atomic mass is 10.0. The normalized spacial score (nSPS) is 11.8. The van der Waals surface area contributed by atoms with Crippen molar-refractivity contribution in [3.8, 4) is 0 Å². The third-order valence-corrected chi connectivity index (χ3v) is 5.06. The minimum Gasteiger partial charge on any atom is -0.287 e. The van der Waals surface area contributed by atoms with E-state index in [1.165, 1.54) is 12.1 Å². The van der Waals surface area contributed by atoms with Crippen LogP contribution in [0.25, 0.3) is 0 Å². The van der Waals surface area contributed by atoms with E-state index in [1.807, 2.05) is 6.92 Å². The van der Waals surface area contributed by atoms with Crippen molar-refractivity contribution in [2.75, 3.05) is 0 Å². The quantitative estimate of drug-likeness (QED) is 0.377. The van der Waals surface area contributed by atoms with E-state index >= 15 is 0 Å². The van der Waals surface area contributed by atoms with E-state index in [1.54, 1.807) is 72.8 Å². The van der Waals surface area contributed by atoms with Crippen molar-refractivity contribution in [2.45, 2.75) is 11.8 Å². The molecule has 6 nitrogen and oxygen atoms in total. The molecule has 0 saturated carbocycles. The minimum absolute atomic E-state index is 0.0172. The van der Waals surface area contributed by atoms with Gasteiger partial charge in [-0.25, -0.2) is 0 Å². The van der Waals surface area contributed by atoms with Gasteiger partial charge in [0.25, 0.3) is 0 Å². The molecule has 3 aromatic rings. The smallest absolute Gasteiger partial charge is 0.287 e. The third-order valence-electron chi connectivity index (χ3n) is 3.91. The second-order valence-electron chi connectivity index (χ2n) is 5.96. The van der Waals surface area contributed by atoms with Crippen LogP contribution in [0.1, 0.15) is 21.5 Å². The van der Waals surface area contributed by atoms with Crippen LogP contribution < -0.4 is 5.59 Å². The largest absolute Gasteiger partial charge is 0.318 e. The fourth-order valence-electron chi connectivity index (χ4n) is 2.44. The van der Waals surface area contributed by atoms with Gasteiger partial charge in [0.05, 0.1) is 4.90 Å². The SMILES string of the molecule is Cc1ccc(S(=O)(=O)ON/N=C(/C(=O)c2ccccc2)c2ccccc2)cc1.